The Morgan fingerprint density at radius 1 is 1.33 bits per heavy atom. The maximum Gasteiger partial charge on any atom is 0.214 e. The van der Waals surface area contributed by atoms with Crippen molar-refractivity contribution in [2.24, 2.45) is 5.73 Å². The van der Waals surface area contributed by atoms with E-state index in [4.69, 9.17) is 34.3 Å². The van der Waals surface area contributed by atoms with Crippen molar-refractivity contribution < 1.29 is 4.74 Å². The Hall–Kier alpha value is -1.65. The van der Waals surface area contributed by atoms with Crippen molar-refractivity contribution in [3.8, 4) is 5.88 Å². The molecule has 92 valence electrons. The number of aromatic nitrogens is 1. The van der Waals surface area contributed by atoms with Crippen molar-refractivity contribution in [3.05, 3.63) is 58.7 Å². The Balaban J connectivity index is 2.09. The molecule has 1 aromatic carbocycles. The van der Waals surface area contributed by atoms with E-state index in [1.54, 1.807) is 18.3 Å². The molecule has 0 saturated heterocycles. The molecule has 0 radical (unpaired) electrons. The zero-order valence-electron chi connectivity index (χ0n) is 9.47. The number of benzene rings is 1. The van der Waals surface area contributed by atoms with Crippen molar-refractivity contribution in [1.82, 2.24) is 4.98 Å². The molecule has 2 rings (SSSR count). The van der Waals surface area contributed by atoms with E-state index in [0.717, 1.165) is 11.1 Å². The third kappa shape index (κ3) is 3.18. The zero-order valence-corrected chi connectivity index (χ0v) is 11.0. The second-order valence-electron chi connectivity index (χ2n) is 3.63. The smallest absolute Gasteiger partial charge is 0.214 e. The molecule has 0 unspecified atom stereocenters. The number of ether oxygens (including phenoxy) is 1. The Bertz CT molecular complexity index is 574. The minimum absolute atomic E-state index is 0.319. The molecule has 0 bridgehead atoms. The lowest BCUT2D eigenvalue weighted by Crippen LogP contribution is -2.09. The van der Waals surface area contributed by atoms with Crippen LogP contribution in [-0.2, 0) is 6.61 Å². The summed E-state index contributed by atoms with van der Waals surface area (Å²) in [5.74, 6) is 0.472. The number of nitrogens with zero attached hydrogens (tertiary/aromatic N) is 1. The molecule has 2 aromatic rings. The average Bonchev–Trinajstić information content (AvgIpc) is 2.38. The first kappa shape index (κ1) is 12.8. The summed E-state index contributed by atoms with van der Waals surface area (Å²) in [6.07, 6.45) is 1.61. The van der Waals surface area contributed by atoms with Crippen molar-refractivity contribution in [2.45, 2.75) is 6.61 Å². The van der Waals surface area contributed by atoms with Gasteiger partial charge in [0.1, 0.15) is 11.6 Å². The minimum atomic E-state index is 0.319. The molecular formula is C13H11ClN2OS. The monoisotopic (exact) mass is 278 g/mol. The van der Waals surface area contributed by atoms with Gasteiger partial charge in [0.15, 0.2) is 0 Å². The van der Waals surface area contributed by atoms with Gasteiger partial charge in [0.25, 0.3) is 0 Å². The number of rotatable bonds is 4. The van der Waals surface area contributed by atoms with E-state index in [1.807, 2.05) is 24.3 Å². The molecule has 0 aliphatic rings. The summed E-state index contributed by atoms with van der Waals surface area (Å²) >= 11 is 10.9. The fraction of sp³-hybridized carbons (Fsp3) is 0.0769. The van der Waals surface area contributed by atoms with E-state index in [2.05, 4.69) is 4.98 Å². The second kappa shape index (κ2) is 5.80. The summed E-state index contributed by atoms with van der Waals surface area (Å²) < 4.78 is 5.55. The van der Waals surface area contributed by atoms with Gasteiger partial charge < -0.3 is 10.5 Å². The molecular weight excluding hydrogens is 268 g/mol. The van der Waals surface area contributed by atoms with E-state index >= 15 is 0 Å². The lowest BCUT2D eigenvalue weighted by molar-refractivity contribution is 0.294. The van der Waals surface area contributed by atoms with Gasteiger partial charge >= 0.3 is 0 Å². The van der Waals surface area contributed by atoms with Crippen LogP contribution in [0.15, 0.2) is 42.6 Å². The summed E-state index contributed by atoms with van der Waals surface area (Å²) in [5, 5.41) is 0.669. The predicted molar refractivity (Wildman–Crippen MR) is 75.9 cm³/mol. The van der Waals surface area contributed by atoms with Gasteiger partial charge in [-0.1, -0.05) is 42.0 Å². The number of halogens is 1. The van der Waals surface area contributed by atoms with Crippen molar-refractivity contribution in [2.75, 3.05) is 0 Å². The average molecular weight is 279 g/mol. The van der Waals surface area contributed by atoms with Gasteiger partial charge in [-0.2, -0.15) is 0 Å². The summed E-state index contributed by atoms with van der Waals surface area (Å²) in [7, 11) is 0. The molecule has 2 N–H and O–H groups in total. The van der Waals surface area contributed by atoms with Crippen LogP contribution >= 0.6 is 23.8 Å². The summed E-state index contributed by atoms with van der Waals surface area (Å²) in [5.41, 5.74) is 7.18. The SMILES string of the molecule is NC(=S)c1ccnc(OCc2ccccc2Cl)c1. The molecule has 1 aromatic heterocycles. The molecule has 0 aliphatic heterocycles. The molecule has 1 heterocycles. The normalized spacial score (nSPS) is 10.1. The molecule has 0 aliphatic carbocycles. The van der Waals surface area contributed by atoms with Crippen LogP contribution in [0.5, 0.6) is 5.88 Å². The van der Waals surface area contributed by atoms with Crippen LogP contribution in [0.4, 0.5) is 0 Å². The number of pyridine rings is 1. The highest BCUT2D eigenvalue weighted by Gasteiger charge is 2.03. The first-order chi connectivity index (χ1) is 8.66. The van der Waals surface area contributed by atoms with Gasteiger partial charge in [-0.25, -0.2) is 4.98 Å². The number of hydrogen-bond donors (Lipinski definition) is 1. The summed E-state index contributed by atoms with van der Waals surface area (Å²) in [6.45, 7) is 0.355. The van der Waals surface area contributed by atoms with Crippen LogP contribution in [0, 0.1) is 0 Å². The topological polar surface area (TPSA) is 48.1 Å². The van der Waals surface area contributed by atoms with Gasteiger partial charge in [0, 0.05) is 28.4 Å². The second-order valence-corrected chi connectivity index (χ2v) is 4.47. The molecule has 0 saturated carbocycles. The zero-order chi connectivity index (χ0) is 13.0. The van der Waals surface area contributed by atoms with Gasteiger partial charge in [0.2, 0.25) is 5.88 Å². The van der Waals surface area contributed by atoms with Crippen LogP contribution in [0.1, 0.15) is 11.1 Å². The number of nitrogens with two attached hydrogens (primary N) is 1. The predicted octanol–water partition coefficient (Wildman–Crippen LogP) is 2.95. The summed E-state index contributed by atoms with van der Waals surface area (Å²) in [4.78, 5) is 4.41. The first-order valence-electron chi connectivity index (χ1n) is 5.29. The van der Waals surface area contributed by atoms with Crippen molar-refractivity contribution >= 4 is 28.8 Å². The fourth-order valence-corrected chi connectivity index (χ4v) is 1.73. The Kier molecular flexibility index (Phi) is 4.12. The van der Waals surface area contributed by atoms with Crippen LogP contribution in [0.25, 0.3) is 0 Å². The number of hydrogen-bond acceptors (Lipinski definition) is 3. The van der Waals surface area contributed by atoms with Crippen LogP contribution in [0.2, 0.25) is 5.02 Å². The molecule has 0 atom stereocenters. The maximum absolute atomic E-state index is 6.03. The Labute approximate surface area is 116 Å². The Morgan fingerprint density at radius 3 is 2.83 bits per heavy atom. The van der Waals surface area contributed by atoms with Crippen molar-refractivity contribution in [3.63, 3.8) is 0 Å². The lowest BCUT2D eigenvalue weighted by atomic mass is 10.2. The highest BCUT2D eigenvalue weighted by atomic mass is 35.5. The van der Waals surface area contributed by atoms with E-state index in [0.29, 0.717) is 22.5 Å². The van der Waals surface area contributed by atoms with E-state index in [1.165, 1.54) is 0 Å². The van der Waals surface area contributed by atoms with E-state index < -0.39 is 0 Å². The highest BCUT2D eigenvalue weighted by Crippen LogP contribution is 2.17. The molecule has 5 heteroatoms. The third-order valence-electron chi connectivity index (χ3n) is 2.35. The fourth-order valence-electron chi connectivity index (χ4n) is 1.41. The summed E-state index contributed by atoms with van der Waals surface area (Å²) in [6, 6.07) is 10.9. The maximum atomic E-state index is 6.03. The van der Waals surface area contributed by atoms with Crippen LogP contribution in [0.3, 0.4) is 0 Å². The molecule has 18 heavy (non-hydrogen) atoms. The molecule has 0 fully saturated rings. The highest BCUT2D eigenvalue weighted by molar-refractivity contribution is 7.80. The standard InChI is InChI=1S/C13H11ClN2OS/c14-11-4-2-1-3-10(11)8-17-12-7-9(13(15)18)5-6-16-12/h1-7H,8H2,(H2,15,18). The number of thiocarbonyl (C=S) groups is 1. The minimum Gasteiger partial charge on any atom is -0.473 e. The van der Waals surface area contributed by atoms with Gasteiger partial charge in [-0.05, 0) is 12.1 Å². The van der Waals surface area contributed by atoms with Gasteiger partial charge in [-0.15, -0.1) is 0 Å². The van der Waals surface area contributed by atoms with Gasteiger partial charge in [0.05, 0.1) is 0 Å². The molecule has 3 nitrogen and oxygen atoms in total. The molecule has 0 spiro atoms. The van der Waals surface area contributed by atoms with Gasteiger partial charge in [-0.3, -0.25) is 0 Å². The Morgan fingerprint density at radius 2 is 2.11 bits per heavy atom. The first-order valence-corrected chi connectivity index (χ1v) is 6.07. The van der Waals surface area contributed by atoms with E-state index in [9.17, 15) is 0 Å². The third-order valence-corrected chi connectivity index (χ3v) is 2.96. The van der Waals surface area contributed by atoms with Crippen LogP contribution < -0.4 is 10.5 Å². The largest absolute Gasteiger partial charge is 0.473 e. The van der Waals surface area contributed by atoms with Crippen LogP contribution in [-0.4, -0.2) is 9.97 Å². The van der Waals surface area contributed by atoms with E-state index in [-0.39, 0.29) is 0 Å². The van der Waals surface area contributed by atoms with Crippen molar-refractivity contribution in [1.29, 1.82) is 0 Å². The quantitative estimate of drug-likeness (QED) is 0.874. The lowest BCUT2D eigenvalue weighted by Gasteiger charge is -2.07. The molecule has 0 amide bonds.